The second kappa shape index (κ2) is 9.75. The number of rotatable bonds is 6. The smallest absolute Gasteiger partial charge is 0.317 e. The third-order valence-electron chi connectivity index (χ3n) is 5.93. The summed E-state index contributed by atoms with van der Waals surface area (Å²) in [5, 5.41) is 3.18. The molecule has 2 amide bonds. The van der Waals surface area contributed by atoms with Crippen molar-refractivity contribution in [3.63, 3.8) is 0 Å². The van der Waals surface area contributed by atoms with Crippen LogP contribution in [0.1, 0.15) is 24.4 Å². The van der Waals surface area contributed by atoms with E-state index in [1.54, 1.807) is 19.5 Å². The number of nitrogens with zero attached hydrogens (tertiary/aromatic N) is 5. The number of carbonyl (C=O) groups excluding carboxylic acids is 1. The average Bonchev–Trinajstić information content (AvgIpc) is 3.35. The van der Waals surface area contributed by atoms with Gasteiger partial charge in [-0.05, 0) is 49.7 Å². The van der Waals surface area contributed by atoms with Gasteiger partial charge in [-0.3, -0.25) is 4.90 Å². The summed E-state index contributed by atoms with van der Waals surface area (Å²) in [5.41, 5.74) is 1.21. The van der Waals surface area contributed by atoms with E-state index in [2.05, 4.69) is 37.2 Å². The number of benzene rings is 1. The highest BCUT2D eigenvalue weighted by Crippen LogP contribution is 2.26. The number of methoxy groups -OCH3 is 1. The number of aromatic nitrogens is 2. The van der Waals surface area contributed by atoms with Crippen LogP contribution in [0.3, 0.4) is 0 Å². The van der Waals surface area contributed by atoms with E-state index in [9.17, 15) is 4.79 Å². The Balaban J connectivity index is 1.33. The number of carbonyl (C=O) groups is 1. The van der Waals surface area contributed by atoms with Crippen molar-refractivity contribution in [3.8, 4) is 5.75 Å². The van der Waals surface area contributed by atoms with E-state index in [1.807, 2.05) is 23.1 Å². The van der Waals surface area contributed by atoms with E-state index < -0.39 is 0 Å². The molecule has 3 heterocycles. The van der Waals surface area contributed by atoms with Gasteiger partial charge < -0.3 is 19.9 Å². The summed E-state index contributed by atoms with van der Waals surface area (Å²) in [6.45, 7) is 5.57. The van der Waals surface area contributed by atoms with Crippen molar-refractivity contribution >= 4 is 12.0 Å². The molecule has 0 aliphatic carbocycles. The molecule has 2 aromatic rings. The van der Waals surface area contributed by atoms with Crippen molar-refractivity contribution < 1.29 is 9.53 Å². The number of anilines is 1. The van der Waals surface area contributed by atoms with Crippen molar-refractivity contribution in [2.24, 2.45) is 0 Å². The highest BCUT2D eigenvalue weighted by atomic mass is 16.5. The lowest BCUT2D eigenvalue weighted by Crippen LogP contribution is -2.53. The first kappa shape index (κ1) is 20.4. The second-order valence-electron chi connectivity index (χ2n) is 7.74. The minimum absolute atomic E-state index is 0.00124. The van der Waals surface area contributed by atoms with Gasteiger partial charge in [-0.2, -0.15) is 0 Å². The van der Waals surface area contributed by atoms with E-state index in [0.717, 1.165) is 37.9 Å². The fraction of sp³-hybridized carbons (Fsp3) is 0.500. The Kier molecular flexibility index (Phi) is 6.63. The zero-order valence-corrected chi connectivity index (χ0v) is 17.5. The van der Waals surface area contributed by atoms with Gasteiger partial charge in [0.1, 0.15) is 5.75 Å². The van der Waals surface area contributed by atoms with Gasteiger partial charge in [-0.1, -0.05) is 12.1 Å². The maximum Gasteiger partial charge on any atom is 0.317 e. The van der Waals surface area contributed by atoms with Crippen LogP contribution >= 0.6 is 0 Å². The lowest BCUT2D eigenvalue weighted by atomic mass is 10.1. The standard InChI is InChI=1S/C22H30N6O2/c1-30-19-7-5-18(6-8-19)20(26-11-2-3-12-26)17-25-22(29)28-15-13-27(14-16-28)21-23-9-4-10-24-21/h4-10,20H,2-3,11-17H2,1H3,(H,25,29)/t20-/m1/s1. The summed E-state index contributed by atoms with van der Waals surface area (Å²) < 4.78 is 5.29. The Morgan fingerprint density at radius 1 is 1.03 bits per heavy atom. The number of hydrogen-bond acceptors (Lipinski definition) is 6. The summed E-state index contributed by atoms with van der Waals surface area (Å²) >= 11 is 0. The van der Waals surface area contributed by atoms with Crippen molar-refractivity contribution in [1.29, 1.82) is 0 Å². The first-order valence-corrected chi connectivity index (χ1v) is 10.7. The van der Waals surface area contributed by atoms with E-state index in [-0.39, 0.29) is 12.1 Å². The number of nitrogens with one attached hydrogen (secondary N) is 1. The van der Waals surface area contributed by atoms with Crippen LogP contribution < -0.4 is 15.0 Å². The van der Waals surface area contributed by atoms with Crippen LogP contribution in [0.15, 0.2) is 42.7 Å². The van der Waals surface area contributed by atoms with E-state index in [0.29, 0.717) is 19.6 Å². The largest absolute Gasteiger partial charge is 0.497 e. The molecule has 1 aromatic heterocycles. The zero-order valence-electron chi connectivity index (χ0n) is 17.5. The fourth-order valence-corrected chi connectivity index (χ4v) is 4.20. The van der Waals surface area contributed by atoms with Crippen LogP contribution in [-0.2, 0) is 0 Å². The van der Waals surface area contributed by atoms with Crippen LogP contribution in [0, 0.1) is 0 Å². The minimum atomic E-state index is 0.00124. The summed E-state index contributed by atoms with van der Waals surface area (Å²) in [6, 6.07) is 10.2. The summed E-state index contributed by atoms with van der Waals surface area (Å²) in [5.74, 6) is 1.58. The molecule has 0 bridgehead atoms. The van der Waals surface area contributed by atoms with Gasteiger partial charge in [-0.15, -0.1) is 0 Å². The topological polar surface area (TPSA) is 73.8 Å². The summed E-state index contributed by atoms with van der Waals surface area (Å²) in [4.78, 5) is 27.9. The molecular weight excluding hydrogens is 380 g/mol. The molecule has 30 heavy (non-hydrogen) atoms. The Morgan fingerprint density at radius 3 is 2.33 bits per heavy atom. The molecule has 0 unspecified atom stereocenters. The van der Waals surface area contributed by atoms with Gasteiger partial charge in [0.25, 0.3) is 0 Å². The summed E-state index contributed by atoms with van der Waals surface area (Å²) in [7, 11) is 1.68. The highest BCUT2D eigenvalue weighted by molar-refractivity contribution is 5.74. The minimum Gasteiger partial charge on any atom is -0.497 e. The maximum atomic E-state index is 12.8. The molecule has 1 aromatic carbocycles. The van der Waals surface area contributed by atoms with Crippen LogP contribution in [0.25, 0.3) is 0 Å². The number of urea groups is 1. The molecule has 1 N–H and O–H groups in total. The molecule has 8 heteroatoms. The SMILES string of the molecule is COc1ccc([C@@H](CNC(=O)N2CCN(c3ncccn3)CC2)N2CCCC2)cc1. The lowest BCUT2D eigenvalue weighted by molar-refractivity contribution is 0.184. The third kappa shape index (κ3) is 4.81. The lowest BCUT2D eigenvalue weighted by Gasteiger charge is -2.35. The molecule has 2 saturated heterocycles. The van der Waals surface area contributed by atoms with Crippen LogP contribution in [0.5, 0.6) is 5.75 Å². The number of ether oxygens (including phenoxy) is 1. The van der Waals surface area contributed by atoms with E-state index >= 15 is 0 Å². The number of amides is 2. The van der Waals surface area contributed by atoms with Crippen LogP contribution in [0.2, 0.25) is 0 Å². The molecule has 0 saturated carbocycles. The molecule has 2 aliphatic heterocycles. The molecule has 2 fully saturated rings. The predicted molar refractivity (Wildman–Crippen MR) is 116 cm³/mol. The maximum absolute atomic E-state index is 12.8. The van der Waals surface area contributed by atoms with Gasteiger partial charge in [0, 0.05) is 45.1 Å². The Bertz CT molecular complexity index is 802. The van der Waals surface area contributed by atoms with Gasteiger partial charge >= 0.3 is 6.03 Å². The first-order valence-electron chi connectivity index (χ1n) is 10.7. The monoisotopic (exact) mass is 410 g/mol. The molecule has 1 atom stereocenters. The number of likely N-dealkylation sites (tertiary alicyclic amines) is 1. The summed E-state index contributed by atoms with van der Waals surface area (Å²) in [6.07, 6.45) is 5.92. The van der Waals surface area contributed by atoms with E-state index in [4.69, 9.17) is 4.74 Å². The molecular formula is C22H30N6O2. The van der Waals surface area contributed by atoms with Crippen molar-refractivity contribution in [2.75, 3.05) is 57.8 Å². The fourth-order valence-electron chi connectivity index (χ4n) is 4.20. The molecule has 2 aliphatic rings. The molecule has 0 radical (unpaired) electrons. The normalized spacial score (nSPS) is 18.3. The zero-order chi connectivity index (χ0) is 20.8. The van der Waals surface area contributed by atoms with Crippen LogP contribution in [0.4, 0.5) is 10.7 Å². The first-order chi connectivity index (χ1) is 14.7. The second-order valence-corrected chi connectivity index (χ2v) is 7.74. The Labute approximate surface area is 177 Å². The number of piperazine rings is 1. The van der Waals surface area contributed by atoms with Gasteiger partial charge in [-0.25, -0.2) is 14.8 Å². The van der Waals surface area contributed by atoms with Crippen LogP contribution in [-0.4, -0.2) is 78.7 Å². The van der Waals surface area contributed by atoms with Crippen molar-refractivity contribution in [3.05, 3.63) is 48.3 Å². The average molecular weight is 411 g/mol. The quantitative estimate of drug-likeness (QED) is 0.787. The van der Waals surface area contributed by atoms with Crippen molar-refractivity contribution in [2.45, 2.75) is 18.9 Å². The molecule has 8 nitrogen and oxygen atoms in total. The number of hydrogen-bond donors (Lipinski definition) is 1. The Morgan fingerprint density at radius 2 is 1.70 bits per heavy atom. The van der Waals surface area contributed by atoms with E-state index in [1.165, 1.54) is 18.4 Å². The third-order valence-corrected chi connectivity index (χ3v) is 5.93. The van der Waals surface area contributed by atoms with Gasteiger partial charge in [0.15, 0.2) is 0 Å². The molecule has 4 rings (SSSR count). The van der Waals surface area contributed by atoms with Gasteiger partial charge in [0.05, 0.1) is 13.2 Å². The van der Waals surface area contributed by atoms with Crippen molar-refractivity contribution in [1.82, 2.24) is 25.1 Å². The predicted octanol–water partition coefficient (Wildman–Crippen LogP) is 2.15. The van der Waals surface area contributed by atoms with Gasteiger partial charge in [0.2, 0.25) is 5.95 Å². The molecule has 160 valence electrons. The Hall–Kier alpha value is -2.87. The highest BCUT2D eigenvalue weighted by Gasteiger charge is 2.26. The molecule has 0 spiro atoms.